The van der Waals surface area contributed by atoms with Crippen molar-refractivity contribution in [3.63, 3.8) is 0 Å². The quantitative estimate of drug-likeness (QED) is 0.737. The molecule has 13 heavy (non-hydrogen) atoms. The van der Waals surface area contributed by atoms with E-state index in [1.54, 1.807) is 0 Å². The molecule has 0 saturated heterocycles. The van der Waals surface area contributed by atoms with E-state index in [4.69, 9.17) is 17.3 Å². The minimum Gasteiger partial charge on any atom is -0.326 e. The average Bonchev–Trinajstić information content (AvgIpc) is 2.17. The molecule has 0 spiro atoms. The lowest BCUT2D eigenvalue weighted by Gasteiger charge is -2.01. The van der Waals surface area contributed by atoms with Gasteiger partial charge in [-0.3, -0.25) is 0 Å². The zero-order chi connectivity index (χ0) is 9.26. The summed E-state index contributed by atoms with van der Waals surface area (Å²) in [4.78, 5) is 0. The number of halogens is 1. The van der Waals surface area contributed by atoms with Crippen molar-refractivity contribution in [1.82, 2.24) is 0 Å². The molecule has 0 aliphatic carbocycles. The molecule has 66 valence electrons. The maximum absolute atomic E-state index is 5.87. The molecule has 2 aromatic carbocycles. The zero-order valence-corrected chi connectivity index (χ0v) is 7.88. The van der Waals surface area contributed by atoms with Crippen LogP contribution >= 0.6 is 11.6 Å². The summed E-state index contributed by atoms with van der Waals surface area (Å²) in [5.41, 5.74) is 6.69. The number of hydrogen-bond acceptors (Lipinski definition) is 1. The summed E-state index contributed by atoms with van der Waals surface area (Å²) in [6.07, 6.45) is 0. The smallest absolute Gasteiger partial charge is 0.0412 e. The van der Waals surface area contributed by atoms with Gasteiger partial charge in [-0.2, -0.15) is 0 Å². The maximum Gasteiger partial charge on any atom is 0.0412 e. The van der Waals surface area contributed by atoms with Crippen LogP contribution in [0.25, 0.3) is 10.8 Å². The van der Waals surface area contributed by atoms with Crippen molar-refractivity contribution in [1.29, 1.82) is 0 Å². The van der Waals surface area contributed by atoms with Gasteiger partial charge >= 0.3 is 0 Å². The topological polar surface area (TPSA) is 26.0 Å². The molecule has 0 fully saturated rings. The Morgan fingerprint density at radius 2 is 1.69 bits per heavy atom. The van der Waals surface area contributed by atoms with Gasteiger partial charge in [-0.25, -0.2) is 0 Å². The van der Waals surface area contributed by atoms with Crippen LogP contribution in [-0.2, 0) is 6.54 Å². The lowest BCUT2D eigenvalue weighted by molar-refractivity contribution is 1.08. The minimum absolute atomic E-state index is 0.582. The fraction of sp³-hybridized carbons (Fsp3) is 0.0909. The van der Waals surface area contributed by atoms with Gasteiger partial charge in [0.25, 0.3) is 0 Å². The van der Waals surface area contributed by atoms with Gasteiger partial charge in [0.2, 0.25) is 0 Å². The van der Waals surface area contributed by atoms with Crippen molar-refractivity contribution in [3.8, 4) is 0 Å². The molecule has 0 heterocycles. The molecule has 0 radical (unpaired) electrons. The highest BCUT2D eigenvalue weighted by atomic mass is 35.5. The van der Waals surface area contributed by atoms with Crippen LogP contribution in [0.1, 0.15) is 5.56 Å². The van der Waals surface area contributed by atoms with Crippen molar-refractivity contribution in [2.24, 2.45) is 5.73 Å². The summed E-state index contributed by atoms with van der Waals surface area (Å²) < 4.78 is 0. The highest BCUT2D eigenvalue weighted by Gasteiger charge is 1.95. The Labute approximate surface area is 82.1 Å². The first-order chi connectivity index (χ1) is 6.29. The Morgan fingerprint density at radius 3 is 2.46 bits per heavy atom. The number of benzene rings is 2. The van der Waals surface area contributed by atoms with Gasteiger partial charge in [0.05, 0.1) is 0 Å². The third kappa shape index (κ3) is 1.67. The van der Waals surface area contributed by atoms with E-state index >= 15 is 0 Å². The van der Waals surface area contributed by atoms with E-state index in [-0.39, 0.29) is 0 Å². The largest absolute Gasteiger partial charge is 0.326 e. The molecule has 0 aliphatic rings. The molecule has 0 aromatic heterocycles. The standard InChI is InChI=1S/C11H10ClN/c12-11-4-3-9-5-8(7-13)1-2-10(9)6-11/h1-6H,7,13H2. The highest BCUT2D eigenvalue weighted by molar-refractivity contribution is 6.31. The molecule has 2 rings (SSSR count). The summed E-state index contributed by atoms with van der Waals surface area (Å²) in [5.74, 6) is 0. The van der Waals surface area contributed by atoms with Gasteiger partial charge < -0.3 is 5.73 Å². The first-order valence-corrected chi connectivity index (χ1v) is 4.55. The lowest BCUT2D eigenvalue weighted by atomic mass is 10.1. The fourth-order valence-corrected chi connectivity index (χ4v) is 1.57. The van der Waals surface area contributed by atoms with Crippen molar-refractivity contribution in [2.75, 3.05) is 0 Å². The van der Waals surface area contributed by atoms with Gasteiger partial charge in [-0.05, 0) is 34.5 Å². The first-order valence-electron chi connectivity index (χ1n) is 4.18. The molecule has 0 aliphatic heterocycles. The van der Waals surface area contributed by atoms with Crippen LogP contribution in [0.5, 0.6) is 0 Å². The van der Waals surface area contributed by atoms with Crippen LogP contribution in [0.15, 0.2) is 36.4 Å². The maximum atomic E-state index is 5.87. The van der Waals surface area contributed by atoms with Gasteiger partial charge in [0.15, 0.2) is 0 Å². The van der Waals surface area contributed by atoms with E-state index in [1.165, 1.54) is 5.39 Å². The molecule has 2 aromatic rings. The van der Waals surface area contributed by atoms with E-state index < -0.39 is 0 Å². The Hall–Kier alpha value is -1.05. The number of nitrogens with two attached hydrogens (primary N) is 1. The molecule has 2 N–H and O–H groups in total. The van der Waals surface area contributed by atoms with Crippen molar-refractivity contribution >= 4 is 22.4 Å². The minimum atomic E-state index is 0.582. The number of fused-ring (bicyclic) bond motifs is 1. The third-order valence-electron chi connectivity index (χ3n) is 2.10. The normalized spacial score (nSPS) is 10.6. The predicted octanol–water partition coefficient (Wildman–Crippen LogP) is 2.95. The Morgan fingerprint density at radius 1 is 1.00 bits per heavy atom. The van der Waals surface area contributed by atoms with E-state index in [0.717, 1.165) is 16.0 Å². The summed E-state index contributed by atoms with van der Waals surface area (Å²) >= 11 is 5.87. The van der Waals surface area contributed by atoms with Crippen LogP contribution in [0.3, 0.4) is 0 Å². The van der Waals surface area contributed by atoms with Crippen LogP contribution in [-0.4, -0.2) is 0 Å². The SMILES string of the molecule is NCc1ccc2cc(Cl)ccc2c1. The van der Waals surface area contributed by atoms with Crippen LogP contribution < -0.4 is 5.73 Å². The van der Waals surface area contributed by atoms with Crippen molar-refractivity contribution in [2.45, 2.75) is 6.54 Å². The van der Waals surface area contributed by atoms with E-state index in [2.05, 4.69) is 6.07 Å². The second-order valence-electron chi connectivity index (χ2n) is 3.03. The van der Waals surface area contributed by atoms with E-state index in [9.17, 15) is 0 Å². The summed E-state index contributed by atoms with van der Waals surface area (Å²) in [7, 11) is 0. The van der Waals surface area contributed by atoms with E-state index in [0.29, 0.717) is 6.54 Å². The zero-order valence-electron chi connectivity index (χ0n) is 7.13. The van der Waals surface area contributed by atoms with Crippen LogP contribution in [0, 0.1) is 0 Å². The molecule has 0 atom stereocenters. The summed E-state index contributed by atoms with van der Waals surface area (Å²) in [6, 6.07) is 12.0. The van der Waals surface area contributed by atoms with Crippen molar-refractivity contribution in [3.05, 3.63) is 47.0 Å². The van der Waals surface area contributed by atoms with Gasteiger partial charge in [-0.1, -0.05) is 29.8 Å². The van der Waals surface area contributed by atoms with Crippen LogP contribution in [0.2, 0.25) is 5.02 Å². The number of rotatable bonds is 1. The predicted molar refractivity (Wildman–Crippen MR) is 56.8 cm³/mol. The fourth-order valence-electron chi connectivity index (χ4n) is 1.39. The van der Waals surface area contributed by atoms with Crippen molar-refractivity contribution < 1.29 is 0 Å². The number of hydrogen-bond donors (Lipinski definition) is 1. The molecule has 0 bridgehead atoms. The molecule has 1 nitrogen and oxygen atoms in total. The van der Waals surface area contributed by atoms with E-state index in [1.807, 2.05) is 30.3 Å². The summed E-state index contributed by atoms with van der Waals surface area (Å²) in [5, 5.41) is 3.12. The Kier molecular flexibility index (Phi) is 2.21. The molecule has 2 heteroatoms. The molecule has 0 unspecified atom stereocenters. The van der Waals surface area contributed by atoms with Gasteiger partial charge in [0.1, 0.15) is 0 Å². The summed E-state index contributed by atoms with van der Waals surface area (Å²) in [6.45, 7) is 0.582. The molecular weight excluding hydrogens is 182 g/mol. The second-order valence-corrected chi connectivity index (χ2v) is 3.47. The average molecular weight is 192 g/mol. The Bertz CT molecular complexity index is 437. The Balaban J connectivity index is 2.66. The first kappa shape index (κ1) is 8.54. The molecular formula is C11H10ClN. The van der Waals surface area contributed by atoms with Crippen LogP contribution in [0.4, 0.5) is 0 Å². The second kappa shape index (κ2) is 3.36. The highest BCUT2D eigenvalue weighted by Crippen LogP contribution is 2.20. The monoisotopic (exact) mass is 191 g/mol. The lowest BCUT2D eigenvalue weighted by Crippen LogP contribution is -1.95. The third-order valence-corrected chi connectivity index (χ3v) is 2.34. The molecule has 0 saturated carbocycles. The van der Waals surface area contributed by atoms with Gasteiger partial charge in [-0.15, -0.1) is 0 Å². The van der Waals surface area contributed by atoms with Gasteiger partial charge in [0, 0.05) is 11.6 Å². The molecule has 0 amide bonds.